The third-order valence-electron chi connectivity index (χ3n) is 1.99. The van der Waals surface area contributed by atoms with E-state index in [1.54, 1.807) is 11.8 Å². The molecule has 3 N–H and O–H groups in total. The van der Waals surface area contributed by atoms with Gasteiger partial charge in [-0.25, -0.2) is 0 Å². The lowest BCUT2D eigenvalue weighted by Crippen LogP contribution is -2.43. The van der Waals surface area contributed by atoms with Gasteiger partial charge >= 0.3 is 0 Å². The Labute approximate surface area is 91.3 Å². The van der Waals surface area contributed by atoms with E-state index in [0.29, 0.717) is 13.1 Å². The van der Waals surface area contributed by atoms with Crippen molar-refractivity contribution < 1.29 is 10.2 Å². The minimum atomic E-state index is -0.662. The molecule has 0 radical (unpaired) electrons. The second-order valence-electron chi connectivity index (χ2n) is 4.86. The molecule has 14 heavy (non-hydrogen) atoms. The van der Waals surface area contributed by atoms with Crippen molar-refractivity contribution in [1.82, 2.24) is 5.32 Å². The molecule has 3 nitrogen and oxygen atoms in total. The van der Waals surface area contributed by atoms with Crippen LogP contribution >= 0.6 is 11.8 Å². The molecule has 0 rings (SSSR count). The highest BCUT2D eigenvalue weighted by atomic mass is 32.2. The fourth-order valence-corrected chi connectivity index (χ4v) is 1.81. The largest absolute Gasteiger partial charge is 0.396 e. The molecular formula is C10H23NO2S. The molecule has 0 amide bonds. The molecule has 0 aliphatic carbocycles. The van der Waals surface area contributed by atoms with E-state index in [2.05, 4.69) is 5.32 Å². The molecule has 0 aromatic heterocycles. The summed E-state index contributed by atoms with van der Waals surface area (Å²) in [6.07, 6.45) is 1.98. The van der Waals surface area contributed by atoms with Crippen molar-refractivity contribution in [2.75, 3.05) is 31.7 Å². The fraction of sp³-hybridized carbons (Fsp3) is 1.00. The third-order valence-corrected chi connectivity index (χ3v) is 2.90. The summed E-state index contributed by atoms with van der Waals surface area (Å²) >= 11 is 1.63. The predicted octanol–water partition coefficient (Wildman–Crippen LogP) is 0.708. The minimum Gasteiger partial charge on any atom is -0.396 e. The molecule has 0 bridgehead atoms. The first-order valence-electron chi connectivity index (χ1n) is 4.86. The van der Waals surface area contributed by atoms with E-state index >= 15 is 0 Å². The lowest BCUT2D eigenvalue weighted by atomic mass is 9.94. The summed E-state index contributed by atoms with van der Waals surface area (Å²) in [5.74, 6) is 0.722. The van der Waals surface area contributed by atoms with Crippen molar-refractivity contribution in [1.29, 1.82) is 0 Å². The van der Waals surface area contributed by atoms with Crippen molar-refractivity contribution in [3.63, 3.8) is 0 Å². The van der Waals surface area contributed by atoms with Gasteiger partial charge in [0.1, 0.15) is 0 Å². The Morgan fingerprint density at radius 3 is 2.21 bits per heavy atom. The minimum absolute atomic E-state index is 0.116. The van der Waals surface area contributed by atoms with Crippen LogP contribution in [0.25, 0.3) is 0 Å². The molecule has 1 atom stereocenters. The van der Waals surface area contributed by atoms with Crippen molar-refractivity contribution in [3.05, 3.63) is 0 Å². The molecule has 0 fully saturated rings. The van der Waals surface area contributed by atoms with Crippen LogP contribution < -0.4 is 5.32 Å². The Kier molecular flexibility index (Phi) is 6.05. The standard InChI is InChI=1S/C10H23NO2S/c1-9(2,7-12)5-11-6-10(3,13)8-14-4/h11-13H,5-8H2,1-4H3. The van der Waals surface area contributed by atoms with Gasteiger partial charge in [0, 0.05) is 30.9 Å². The normalized spacial score (nSPS) is 16.7. The van der Waals surface area contributed by atoms with Crippen LogP contribution in [0.1, 0.15) is 20.8 Å². The van der Waals surface area contributed by atoms with Gasteiger partial charge in [0.25, 0.3) is 0 Å². The Morgan fingerprint density at radius 1 is 1.21 bits per heavy atom. The van der Waals surface area contributed by atoms with Crippen molar-refractivity contribution in [3.8, 4) is 0 Å². The van der Waals surface area contributed by atoms with Crippen LogP contribution in [0.3, 0.4) is 0 Å². The highest BCUT2D eigenvalue weighted by Crippen LogP contribution is 2.13. The van der Waals surface area contributed by atoms with E-state index in [0.717, 1.165) is 5.75 Å². The number of aliphatic hydroxyl groups excluding tert-OH is 1. The van der Waals surface area contributed by atoms with E-state index in [9.17, 15) is 5.11 Å². The first-order valence-corrected chi connectivity index (χ1v) is 6.25. The van der Waals surface area contributed by atoms with Gasteiger partial charge in [-0.1, -0.05) is 13.8 Å². The van der Waals surface area contributed by atoms with Crippen LogP contribution in [0.2, 0.25) is 0 Å². The smallest absolute Gasteiger partial charge is 0.0833 e. The van der Waals surface area contributed by atoms with Gasteiger partial charge < -0.3 is 15.5 Å². The van der Waals surface area contributed by atoms with Crippen LogP contribution in [0.5, 0.6) is 0 Å². The molecular weight excluding hydrogens is 198 g/mol. The lowest BCUT2D eigenvalue weighted by molar-refractivity contribution is 0.0772. The van der Waals surface area contributed by atoms with Gasteiger partial charge in [-0.15, -0.1) is 0 Å². The summed E-state index contributed by atoms with van der Waals surface area (Å²) in [4.78, 5) is 0. The van der Waals surface area contributed by atoms with Gasteiger partial charge in [-0.3, -0.25) is 0 Å². The highest BCUT2D eigenvalue weighted by molar-refractivity contribution is 7.98. The Morgan fingerprint density at radius 2 is 1.79 bits per heavy atom. The summed E-state index contributed by atoms with van der Waals surface area (Å²) in [6, 6.07) is 0. The second kappa shape index (κ2) is 5.95. The van der Waals surface area contributed by atoms with Crippen molar-refractivity contribution >= 4 is 11.8 Å². The predicted molar refractivity (Wildman–Crippen MR) is 62.7 cm³/mol. The summed E-state index contributed by atoms with van der Waals surface area (Å²) in [5.41, 5.74) is -0.777. The van der Waals surface area contributed by atoms with Gasteiger partial charge in [-0.05, 0) is 13.2 Å². The first-order chi connectivity index (χ1) is 6.33. The SMILES string of the molecule is CSCC(C)(O)CNCC(C)(C)CO. The van der Waals surface area contributed by atoms with Crippen LogP contribution in [0.4, 0.5) is 0 Å². The summed E-state index contributed by atoms with van der Waals surface area (Å²) < 4.78 is 0. The maximum atomic E-state index is 9.84. The first kappa shape index (κ1) is 14.2. The van der Waals surface area contributed by atoms with Gasteiger partial charge in [0.15, 0.2) is 0 Å². The highest BCUT2D eigenvalue weighted by Gasteiger charge is 2.21. The molecule has 0 aromatic carbocycles. The third kappa shape index (κ3) is 6.65. The van der Waals surface area contributed by atoms with Crippen molar-refractivity contribution in [2.24, 2.45) is 5.41 Å². The van der Waals surface area contributed by atoms with Crippen LogP contribution in [-0.4, -0.2) is 47.5 Å². The van der Waals surface area contributed by atoms with Gasteiger partial charge in [-0.2, -0.15) is 11.8 Å². The molecule has 0 spiro atoms. The molecule has 0 saturated carbocycles. The topological polar surface area (TPSA) is 52.5 Å². The van der Waals surface area contributed by atoms with E-state index in [4.69, 9.17) is 5.11 Å². The Bertz CT molecular complexity index is 160. The molecule has 0 saturated heterocycles. The summed E-state index contributed by atoms with van der Waals surface area (Å²) in [6.45, 7) is 7.24. The molecule has 86 valence electrons. The molecule has 0 aromatic rings. The molecule has 0 aliphatic heterocycles. The zero-order valence-electron chi connectivity index (χ0n) is 9.63. The monoisotopic (exact) mass is 221 g/mol. The number of thioether (sulfide) groups is 1. The van der Waals surface area contributed by atoms with Crippen LogP contribution in [-0.2, 0) is 0 Å². The summed E-state index contributed by atoms with van der Waals surface area (Å²) in [7, 11) is 0. The van der Waals surface area contributed by atoms with E-state index < -0.39 is 5.60 Å². The van der Waals surface area contributed by atoms with Gasteiger partial charge in [0.2, 0.25) is 0 Å². The average Bonchev–Trinajstić information content (AvgIpc) is 2.03. The quantitative estimate of drug-likeness (QED) is 0.592. The average molecular weight is 221 g/mol. The fourth-order valence-electron chi connectivity index (χ4n) is 1.09. The zero-order chi connectivity index (χ0) is 11.2. The summed E-state index contributed by atoms with van der Waals surface area (Å²) in [5, 5.41) is 22.0. The molecule has 1 unspecified atom stereocenters. The van der Waals surface area contributed by atoms with E-state index in [1.165, 1.54) is 0 Å². The number of aliphatic hydroxyl groups is 2. The molecule has 4 heteroatoms. The lowest BCUT2D eigenvalue weighted by Gasteiger charge is -2.27. The maximum absolute atomic E-state index is 9.84. The Balaban J connectivity index is 3.73. The maximum Gasteiger partial charge on any atom is 0.0833 e. The second-order valence-corrected chi connectivity index (χ2v) is 5.72. The van der Waals surface area contributed by atoms with E-state index in [1.807, 2.05) is 27.0 Å². The number of rotatable bonds is 7. The number of hydrogen-bond acceptors (Lipinski definition) is 4. The number of hydrogen-bond donors (Lipinski definition) is 3. The van der Waals surface area contributed by atoms with E-state index in [-0.39, 0.29) is 12.0 Å². The number of nitrogens with one attached hydrogen (secondary N) is 1. The molecule has 0 heterocycles. The van der Waals surface area contributed by atoms with Crippen LogP contribution in [0.15, 0.2) is 0 Å². The van der Waals surface area contributed by atoms with Gasteiger partial charge in [0.05, 0.1) is 5.60 Å². The van der Waals surface area contributed by atoms with Crippen molar-refractivity contribution in [2.45, 2.75) is 26.4 Å². The Hall–Kier alpha value is 0.230. The molecule has 0 aliphatic rings. The van der Waals surface area contributed by atoms with Crippen LogP contribution in [0, 0.1) is 5.41 Å². The zero-order valence-corrected chi connectivity index (χ0v) is 10.4.